The Kier molecular flexibility index (Phi) is 5.87. The van der Waals surface area contributed by atoms with Gasteiger partial charge in [0.25, 0.3) is 0 Å². The molecule has 2 aliphatic heterocycles. The van der Waals surface area contributed by atoms with Crippen molar-refractivity contribution in [3.63, 3.8) is 0 Å². The first-order valence-electron chi connectivity index (χ1n) is 10.3. The number of rotatable bonds is 4. The number of amides is 1. The number of para-hydroxylation sites is 1. The number of anilines is 2. The van der Waals surface area contributed by atoms with Crippen molar-refractivity contribution < 1.29 is 13.2 Å². The van der Waals surface area contributed by atoms with Crippen LogP contribution in [-0.4, -0.2) is 48.8 Å². The average molecular weight is 458 g/mol. The minimum atomic E-state index is -3.11. The van der Waals surface area contributed by atoms with Crippen LogP contribution in [0.15, 0.2) is 41.4 Å². The van der Waals surface area contributed by atoms with Crippen molar-refractivity contribution >= 4 is 44.0 Å². The van der Waals surface area contributed by atoms with Gasteiger partial charge in [-0.1, -0.05) is 47.7 Å². The Morgan fingerprint density at radius 1 is 1.10 bits per heavy atom. The summed E-state index contributed by atoms with van der Waals surface area (Å²) in [6.45, 7) is 8.00. The molecule has 2 aromatic rings. The number of thioether (sulfide) groups is 1. The maximum absolute atomic E-state index is 12.7. The quantitative estimate of drug-likeness (QED) is 0.758. The number of fused-ring (bicyclic) bond motifs is 1. The maximum atomic E-state index is 12.7. The number of hydrogen-bond donors (Lipinski definition) is 1. The molecule has 1 fully saturated rings. The smallest absolute Gasteiger partial charge is 0.234 e. The lowest BCUT2D eigenvalue weighted by molar-refractivity contribution is -0.113. The number of carbonyl (C=O) groups excluding carboxylic acids is 1. The zero-order valence-electron chi connectivity index (χ0n) is 18.2. The molecule has 2 atom stereocenters. The lowest BCUT2D eigenvalue weighted by Crippen LogP contribution is -2.39. The summed E-state index contributed by atoms with van der Waals surface area (Å²) in [6, 6.07) is 11.5. The topological polar surface area (TPSA) is 78.8 Å². The molecule has 1 saturated heterocycles. The van der Waals surface area contributed by atoms with Crippen molar-refractivity contribution in [3.8, 4) is 0 Å². The molecule has 0 aromatic heterocycles. The van der Waals surface area contributed by atoms with Crippen molar-refractivity contribution in [3.05, 3.63) is 58.7 Å². The SMILES string of the molecule is Cc1ccc(N2C(SCC(=O)Nc3c(C)cccc3C)=NC3CS(=O)(=O)CC32)c(C)c1. The Morgan fingerprint density at radius 3 is 2.48 bits per heavy atom. The number of aliphatic imine (C=N–C) groups is 1. The highest BCUT2D eigenvalue weighted by Crippen LogP contribution is 2.36. The molecule has 2 heterocycles. The molecule has 8 heteroatoms. The Balaban J connectivity index is 1.55. The molecule has 4 rings (SSSR count). The number of amidine groups is 1. The highest BCUT2D eigenvalue weighted by atomic mass is 32.2. The average Bonchev–Trinajstić information content (AvgIpc) is 3.15. The van der Waals surface area contributed by atoms with Gasteiger partial charge in [-0.05, 0) is 50.5 Å². The van der Waals surface area contributed by atoms with Crippen molar-refractivity contribution in [2.24, 2.45) is 4.99 Å². The number of hydrogen-bond acceptors (Lipinski definition) is 6. The van der Waals surface area contributed by atoms with Gasteiger partial charge >= 0.3 is 0 Å². The monoisotopic (exact) mass is 457 g/mol. The molecule has 2 aliphatic rings. The molecule has 2 aromatic carbocycles. The van der Waals surface area contributed by atoms with Crippen LogP contribution in [0.1, 0.15) is 22.3 Å². The van der Waals surface area contributed by atoms with Gasteiger partial charge in [-0.15, -0.1) is 0 Å². The fourth-order valence-corrected chi connectivity index (χ4v) is 7.07. The van der Waals surface area contributed by atoms with Crippen LogP contribution < -0.4 is 10.2 Å². The van der Waals surface area contributed by atoms with E-state index in [9.17, 15) is 13.2 Å². The second-order valence-corrected chi connectivity index (χ2v) is 11.5. The van der Waals surface area contributed by atoms with Crippen molar-refractivity contribution in [1.82, 2.24) is 0 Å². The summed E-state index contributed by atoms with van der Waals surface area (Å²) in [6.07, 6.45) is 0. The summed E-state index contributed by atoms with van der Waals surface area (Å²) in [7, 11) is -3.11. The van der Waals surface area contributed by atoms with Crippen molar-refractivity contribution in [2.45, 2.75) is 39.8 Å². The number of aryl methyl sites for hydroxylation is 4. The molecule has 0 radical (unpaired) electrons. The number of nitrogens with zero attached hydrogens (tertiary/aromatic N) is 2. The molecule has 0 spiro atoms. The van der Waals surface area contributed by atoms with E-state index in [1.807, 2.05) is 62.9 Å². The van der Waals surface area contributed by atoms with Crippen LogP contribution >= 0.6 is 11.8 Å². The third-order valence-corrected chi connectivity index (χ3v) is 8.46. The number of benzene rings is 2. The Morgan fingerprint density at radius 2 is 1.81 bits per heavy atom. The zero-order valence-corrected chi connectivity index (χ0v) is 19.8. The predicted octanol–water partition coefficient (Wildman–Crippen LogP) is 3.63. The first-order chi connectivity index (χ1) is 14.6. The lowest BCUT2D eigenvalue weighted by Gasteiger charge is -2.28. The van der Waals surface area contributed by atoms with E-state index in [2.05, 4.69) is 11.4 Å². The number of sulfone groups is 1. The van der Waals surface area contributed by atoms with Gasteiger partial charge in [0.05, 0.1) is 29.3 Å². The van der Waals surface area contributed by atoms with Crippen LogP contribution in [0, 0.1) is 27.7 Å². The van der Waals surface area contributed by atoms with Gasteiger partial charge in [-0.2, -0.15) is 0 Å². The normalized spacial score (nSPS) is 21.7. The number of nitrogens with one attached hydrogen (secondary N) is 1. The van der Waals surface area contributed by atoms with E-state index in [1.54, 1.807) is 0 Å². The van der Waals surface area contributed by atoms with Gasteiger partial charge in [0.2, 0.25) is 5.91 Å². The highest BCUT2D eigenvalue weighted by molar-refractivity contribution is 8.14. The van der Waals surface area contributed by atoms with Crippen LogP contribution in [0.4, 0.5) is 11.4 Å². The second-order valence-electron chi connectivity index (χ2n) is 8.39. The molecule has 1 N–H and O–H groups in total. The van der Waals surface area contributed by atoms with Crippen LogP contribution in [-0.2, 0) is 14.6 Å². The molecule has 0 aliphatic carbocycles. The minimum absolute atomic E-state index is 0.0672. The molecule has 31 heavy (non-hydrogen) atoms. The summed E-state index contributed by atoms with van der Waals surface area (Å²) in [5, 5.41) is 3.73. The third kappa shape index (κ3) is 4.50. The van der Waals surface area contributed by atoms with E-state index >= 15 is 0 Å². The second kappa shape index (κ2) is 8.31. The van der Waals surface area contributed by atoms with E-state index in [-0.39, 0.29) is 35.2 Å². The van der Waals surface area contributed by atoms with Gasteiger partial charge in [-0.3, -0.25) is 9.79 Å². The summed E-state index contributed by atoms with van der Waals surface area (Å²) in [4.78, 5) is 19.4. The van der Waals surface area contributed by atoms with Crippen LogP contribution in [0.3, 0.4) is 0 Å². The third-order valence-electron chi connectivity index (χ3n) is 5.80. The largest absolute Gasteiger partial charge is 0.325 e. The van der Waals surface area contributed by atoms with Gasteiger partial charge in [0, 0.05) is 11.4 Å². The van der Waals surface area contributed by atoms with Crippen molar-refractivity contribution in [2.75, 3.05) is 27.5 Å². The van der Waals surface area contributed by atoms with Crippen LogP contribution in [0.2, 0.25) is 0 Å². The van der Waals surface area contributed by atoms with E-state index in [1.165, 1.54) is 11.8 Å². The van der Waals surface area contributed by atoms with Gasteiger partial charge in [0.1, 0.15) is 0 Å². The lowest BCUT2D eigenvalue weighted by atomic mass is 10.1. The van der Waals surface area contributed by atoms with Crippen LogP contribution in [0.25, 0.3) is 0 Å². The Labute approximate surface area is 188 Å². The van der Waals surface area contributed by atoms with E-state index in [0.29, 0.717) is 5.17 Å². The van der Waals surface area contributed by atoms with Crippen LogP contribution in [0.5, 0.6) is 0 Å². The fourth-order valence-electron chi connectivity index (χ4n) is 4.31. The first kappa shape index (κ1) is 21.9. The molecule has 0 bridgehead atoms. The molecule has 164 valence electrons. The Bertz CT molecular complexity index is 1150. The molecular weight excluding hydrogens is 430 g/mol. The van der Waals surface area contributed by atoms with E-state index < -0.39 is 9.84 Å². The fraction of sp³-hybridized carbons (Fsp3) is 0.391. The highest BCUT2D eigenvalue weighted by Gasteiger charge is 2.47. The molecular formula is C23H27N3O3S2. The Hall–Kier alpha value is -2.32. The summed E-state index contributed by atoms with van der Waals surface area (Å²) in [5.41, 5.74) is 6.06. The van der Waals surface area contributed by atoms with Crippen molar-refractivity contribution in [1.29, 1.82) is 0 Å². The summed E-state index contributed by atoms with van der Waals surface area (Å²) < 4.78 is 24.5. The molecule has 1 amide bonds. The summed E-state index contributed by atoms with van der Waals surface area (Å²) >= 11 is 1.36. The maximum Gasteiger partial charge on any atom is 0.234 e. The van der Waals surface area contributed by atoms with Gasteiger partial charge in [-0.25, -0.2) is 8.42 Å². The van der Waals surface area contributed by atoms with E-state index in [0.717, 1.165) is 33.6 Å². The standard InChI is InChI=1S/C23H27N3O3S2/c1-14-8-9-19(17(4)10-14)26-20-13-31(28,29)12-18(20)24-23(26)30-11-21(27)25-22-15(2)6-5-7-16(22)3/h5-10,18,20H,11-13H2,1-4H3,(H,25,27). The first-order valence-corrected chi connectivity index (χ1v) is 13.1. The number of carbonyl (C=O) groups is 1. The van der Waals surface area contributed by atoms with E-state index in [4.69, 9.17) is 4.99 Å². The molecule has 6 nitrogen and oxygen atoms in total. The summed E-state index contributed by atoms with van der Waals surface area (Å²) in [5.74, 6) is 0.265. The molecule has 0 saturated carbocycles. The van der Waals surface area contributed by atoms with Gasteiger partial charge < -0.3 is 10.2 Å². The molecule has 2 unspecified atom stereocenters. The minimum Gasteiger partial charge on any atom is -0.325 e. The zero-order chi connectivity index (χ0) is 22.3. The predicted molar refractivity (Wildman–Crippen MR) is 129 cm³/mol. The van der Waals surface area contributed by atoms with Gasteiger partial charge in [0.15, 0.2) is 15.0 Å².